The van der Waals surface area contributed by atoms with Gasteiger partial charge in [0.1, 0.15) is 0 Å². The zero-order valence-corrected chi connectivity index (χ0v) is 16.4. The highest BCUT2D eigenvalue weighted by Crippen LogP contribution is 2.49. The Morgan fingerprint density at radius 3 is 2.29 bits per heavy atom. The molecule has 2 fully saturated rings. The van der Waals surface area contributed by atoms with Gasteiger partial charge in [-0.05, 0) is 55.8 Å². The Balaban J connectivity index is 1.80. The number of ether oxygens (including phenoxy) is 1. The lowest BCUT2D eigenvalue weighted by molar-refractivity contribution is 0.0487. The lowest BCUT2D eigenvalue weighted by atomic mass is 9.62. The van der Waals surface area contributed by atoms with E-state index in [-0.39, 0.29) is 0 Å². The van der Waals surface area contributed by atoms with E-state index in [1.807, 2.05) is 6.08 Å². The van der Waals surface area contributed by atoms with Gasteiger partial charge in [0.15, 0.2) is 0 Å². The number of hydrogen-bond donors (Lipinski definition) is 0. The van der Waals surface area contributed by atoms with Crippen molar-refractivity contribution >= 4 is 0 Å². The van der Waals surface area contributed by atoms with Crippen molar-refractivity contribution in [2.75, 3.05) is 13.2 Å². The quantitative estimate of drug-likeness (QED) is 0.284. The van der Waals surface area contributed by atoms with Crippen molar-refractivity contribution in [1.82, 2.24) is 0 Å². The fraction of sp³-hybridized carbons (Fsp3) is 0.913. The number of unbranched alkanes of at least 4 members (excludes halogenated alkanes) is 3. The number of hydrogen-bond acceptors (Lipinski definition) is 1. The first-order valence-corrected chi connectivity index (χ1v) is 11.0. The summed E-state index contributed by atoms with van der Waals surface area (Å²) in [4.78, 5) is 0. The molecule has 0 bridgehead atoms. The molecule has 0 aliphatic heterocycles. The molecule has 0 N–H and O–H groups in total. The second kappa shape index (κ2) is 11.3. The summed E-state index contributed by atoms with van der Waals surface area (Å²) in [6.45, 7) is 7.74. The molecule has 0 amide bonds. The third kappa shape index (κ3) is 6.54. The minimum atomic E-state index is 0.597. The molecule has 0 atom stereocenters. The molecule has 2 aliphatic rings. The van der Waals surface area contributed by atoms with Crippen LogP contribution in [0.3, 0.4) is 0 Å². The molecule has 2 aliphatic carbocycles. The van der Waals surface area contributed by atoms with E-state index >= 15 is 0 Å². The summed E-state index contributed by atoms with van der Waals surface area (Å²) in [6, 6.07) is 0. The van der Waals surface area contributed by atoms with E-state index in [2.05, 4.69) is 13.5 Å². The van der Waals surface area contributed by atoms with Crippen LogP contribution in [0.15, 0.2) is 12.7 Å². The number of rotatable bonds is 11. The fourth-order valence-corrected chi connectivity index (χ4v) is 5.34. The van der Waals surface area contributed by atoms with Crippen molar-refractivity contribution in [1.29, 1.82) is 0 Å². The molecule has 0 spiro atoms. The minimum Gasteiger partial charge on any atom is -0.377 e. The van der Waals surface area contributed by atoms with Gasteiger partial charge in [-0.25, -0.2) is 0 Å². The predicted molar refractivity (Wildman–Crippen MR) is 105 cm³/mol. The molecular formula is C23H42O. The molecule has 140 valence electrons. The zero-order chi connectivity index (χ0) is 17.1. The van der Waals surface area contributed by atoms with Crippen LogP contribution in [0.2, 0.25) is 0 Å². The summed E-state index contributed by atoms with van der Waals surface area (Å²) in [5.41, 5.74) is 0.597. The van der Waals surface area contributed by atoms with Gasteiger partial charge >= 0.3 is 0 Å². The summed E-state index contributed by atoms with van der Waals surface area (Å²) in [5.74, 6) is 2.11. The Labute approximate surface area is 151 Å². The standard InChI is InChI=1S/C23H42O/c1-3-5-6-10-15-23(18-20-24-19-4-2)16-13-22(14-17-23)21-11-8-7-9-12-21/h4,21-22H,2-3,5-20H2,1H3. The smallest absolute Gasteiger partial charge is 0.0644 e. The molecule has 0 heterocycles. The first-order valence-electron chi connectivity index (χ1n) is 11.0. The monoisotopic (exact) mass is 334 g/mol. The van der Waals surface area contributed by atoms with Gasteiger partial charge in [-0.2, -0.15) is 0 Å². The van der Waals surface area contributed by atoms with Crippen molar-refractivity contribution in [2.45, 2.75) is 103 Å². The predicted octanol–water partition coefficient (Wildman–Crippen LogP) is 7.31. The van der Waals surface area contributed by atoms with Crippen LogP contribution in [-0.4, -0.2) is 13.2 Å². The Bertz CT molecular complexity index is 321. The normalized spacial score (nSPS) is 28.8. The SMILES string of the molecule is C=CCOCCC1(CCCCCC)CCC(C2CCCCC2)CC1. The Morgan fingerprint density at radius 2 is 1.62 bits per heavy atom. The largest absolute Gasteiger partial charge is 0.377 e. The lowest BCUT2D eigenvalue weighted by Gasteiger charge is -2.43. The van der Waals surface area contributed by atoms with Gasteiger partial charge in [-0.3, -0.25) is 0 Å². The maximum atomic E-state index is 5.76. The summed E-state index contributed by atoms with van der Waals surface area (Å²) in [5, 5.41) is 0. The molecule has 0 aromatic rings. The molecule has 0 aromatic heterocycles. The minimum absolute atomic E-state index is 0.597. The van der Waals surface area contributed by atoms with Crippen LogP contribution in [-0.2, 0) is 4.74 Å². The third-order valence-corrected chi connectivity index (χ3v) is 6.98. The van der Waals surface area contributed by atoms with Crippen LogP contribution >= 0.6 is 0 Å². The van der Waals surface area contributed by atoms with E-state index in [0.29, 0.717) is 5.41 Å². The van der Waals surface area contributed by atoms with E-state index in [4.69, 9.17) is 4.74 Å². The molecule has 0 saturated heterocycles. The Morgan fingerprint density at radius 1 is 0.917 bits per heavy atom. The topological polar surface area (TPSA) is 9.23 Å². The fourth-order valence-electron chi connectivity index (χ4n) is 5.34. The maximum Gasteiger partial charge on any atom is 0.0644 e. The van der Waals surface area contributed by atoms with Gasteiger partial charge in [-0.15, -0.1) is 6.58 Å². The van der Waals surface area contributed by atoms with Crippen LogP contribution in [0.4, 0.5) is 0 Å². The highest BCUT2D eigenvalue weighted by Gasteiger charge is 2.37. The van der Waals surface area contributed by atoms with E-state index in [1.165, 1.54) is 96.3 Å². The van der Waals surface area contributed by atoms with Gasteiger partial charge in [-0.1, -0.05) is 70.8 Å². The second-order valence-corrected chi connectivity index (χ2v) is 8.66. The molecule has 0 aromatic carbocycles. The average molecular weight is 335 g/mol. The Hall–Kier alpha value is -0.300. The van der Waals surface area contributed by atoms with E-state index in [1.54, 1.807) is 0 Å². The van der Waals surface area contributed by atoms with Crippen molar-refractivity contribution in [3.63, 3.8) is 0 Å². The second-order valence-electron chi connectivity index (χ2n) is 8.66. The first-order chi connectivity index (χ1) is 11.8. The molecule has 1 heteroatoms. The van der Waals surface area contributed by atoms with Gasteiger partial charge in [0.05, 0.1) is 6.61 Å². The molecule has 0 unspecified atom stereocenters. The zero-order valence-electron chi connectivity index (χ0n) is 16.4. The highest BCUT2D eigenvalue weighted by molar-refractivity contribution is 4.88. The maximum absolute atomic E-state index is 5.76. The highest BCUT2D eigenvalue weighted by atomic mass is 16.5. The van der Waals surface area contributed by atoms with E-state index in [0.717, 1.165) is 25.0 Å². The summed E-state index contributed by atoms with van der Waals surface area (Å²) < 4.78 is 5.76. The summed E-state index contributed by atoms with van der Waals surface area (Å²) >= 11 is 0. The van der Waals surface area contributed by atoms with Crippen molar-refractivity contribution < 1.29 is 4.74 Å². The van der Waals surface area contributed by atoms with Crippen LogP contribution in [0.25, 0.3) is 0 Å². The summed E-state index contributed by atoms with van der Waals surface area (Å²) in [7, 11) is 0. The lowest BCUT2D eigenvalue weighted by Crippen LogP contribution is -2.32. The molecule has 24 heavy (non-hydrogen) atoms. The van der Waals surface area contributed by atoms with Gasteiger partial charge in [0.25, 0.3) is 0 Å². The molecule has 2 rings (SSSR count). The van der Waals surface area contributed by atoms with Crippen molar-refractivity contribution in [3.8, 4) is 0 Å². The van der Waals surface area contributed by atoms with Gasteiger partial charge in [0, 0.05) is 6.61 Å². The first kappa shape index (κ1) is 20.0. The summed E-state index contributed by atoms with van der Waals surface area (Å²) in [6.07, 6.45) is 23.7. The van der Waals surface area contributed by atoms with Crippen molar-refractivity contribution in [2.24, 2.45) is 17.3 Å². The van der Waals surface area contributed by atoms with Crippen LogP contribution in [0.1, 0.15) is 103 Å². The van der Waals surface area contributed by atoms with E-state index < -0.39 is 0 Å². The van der Waals surface area contributed by atoms with Crippen LogP contribution < -0.4 is 0 Å². The average Bonchev–Trinajstić information content (AvgIpc) is 2.64. The van der Waals surface area contributed by atoms with Gasteiger partial charge < -0.3 is 4.74 Å². The van der Waals surface area contributed by atoms with Gasteiger partial charge in [0.2, 0.25) is 0 Å². The van der Waals surface area contributed by atoms with Crippen LogP contribution in [0.5, 0.6) is 0 Å². The van der Waals surface area contributed by atoms with E-state index in [9.17, 15) is 0 Å². The van der Waals surface area contributed by atoms with Crippen molar-refractivity contribution in [3.05, 3.63) is 12.7 Å². The molecule has 0 radical (unpaired) electrons. The third-order valence-electron chi connectivity index (χ3n) is 6.98. The van der Waals surface area contributed by atoms with Crippen LogP contribution in [0, 0.1) is 17.3 Å². The Kier molecular flexibility index (Phi) is 9.46. The molecule has 1 nitrogen and oxygen atoms in total. The molecule has 2 saturated carbocycles. The molecular weight excluding hydrogens is 292 g/mol.